The molecule has 0 atom stereocenters. The maximum absolute atomic E-state index is 14.0. The number of anilines is 1. The summed E-state index contributed by atoms with van der Waals surface area (Å²) >= 11 is 9.21. The molecule has 2 aromatic heterocycles. The molecule has 3 nitrogen and oxygen atoms in total. The molecule has 1 aromatic carbocycles. The molecule has 0 fully saturated rings. The van der Waals surface area contributed by atoms with Gasteiger partial charge in [0.15, 0.2) is 0 Å². The SMILES string of the molecule is Cc1cc2nc(-c3ccc(Cl)cc3F)c(N)n2cc1Br. The summed E-state index contributed by atoms with van der Waals surface area (Å²) in [5, 5.41) is 0.340. The van der Waals surface area contributed by atoms with Crippen LogP contribution in [-0.2, 0) is 0 Å². The monoisotopic (exact) mass is 353 g/mol. The lowest BCUT2D eigenvalue weighted by atomic mass is 10.1. The fourth-order valence-corrected chi connectivity index (χ4v) is 2.54. The van der Waals surface area contributed by atoms with Crippen LogP contribution in [0.4, 0.5) is 10.2 Å². The zero-order valence-corrected chi connectivity index (χ0v) is 12.8. The maximum Gasteiger partial charge on any atom is 0.139 e. The van der Waals surface area contributed by atoms with E-state index in [-0.39, 0.29) is 0 Å². The first-order valence-corrected chi connectivity index (χ1v) is 7.03. The summed E-state index contributed by atoms with van der Waals surface area (Å²) in [6.07, 6.45) is 1.82. The molecule has 0 aliphatic rings. The molecule has 3 aromatic rings. The number of imidazole rings is 1. The van der Waals surface area contributed by atoms with Crippen molar-refractivity contribution in [1.29, 1.82) is 0 Å². The van der Waals surface area contributed by atoms with E-state index in [1.165, 1.54) is 6.07 Å². The van der Waals surface area contributed by atoms with Gasteiger partial charge in [-0.25, -0.2) is 9.37 Å². The highest BCUT2D eigenvalue weighted by Crippen LogP contribution is 2.31. The smallest absolute Gasteiger partial charge is 0.139 e. The average Bonchev–Trinajstić information content (AvgIpc) is 2.68. The minimum atomic E-state index is -0.441. The van der Waals surface area contributed by atoms with Crippen LogP contribution in [0, 0.1) is 12.7 Å². The maximum atomic E-state index is 14.0. The quantitative estimate of drug-likeness (QED) is 0.702. The third kappa shape index (κ3) is 2.07. The van der Waals surface area contributed by atoms with Gasteiger partial charge in [0, 0.05) is 21.3 Å². The Labute approximate surface area is 128 Å². The Balaban J connectivity index is 2.29. The normalized spacial score (nSPS) is 11.2. The molecule has 20 heavy (non-hydrogen) atoms. The van der Waals surface area contributed by atoms with E-state index >= 15 is 0 Å². The average molecular weight is 355 g/mol. The van der Waals surface area contributed by atoms with Crippen LogP contribution in [0.2, 0.25) is 5.02 Å². The third-order valence-electron chi connectivity index (χ3n) is 3.13. The minimum Gasteiger partial charge on any atom is -0.383 e. The molecule has 0 aliphatic carbocycles. The van der Waals surface area contributed by atoms with Gasteiger partial charge in [-0.1, -0.05) is 11.6 Å². The number of rotatable bonds is 1. The van der Waals surface area contributed by atoms with E-state index in [2.05, 4.69) is 20.9 Å². The van der Waals surface area contributed by atoms with Gasteiger partial charge < -0.3 is 5.73 Å². The zero-order valence-electron chi connectivity index (χ0n) is 10.5. The number of nitrogens with two attached hydrogens (primary N) is 1. The lowest BCUT2D eigenvalue weighted by Gasteiger charge is -2.02. The van der Waals surface area contributed by atoms with Crippen molar-refractivity contribution < 1.29 is 4.39 Å². The van der Waals surface area contributed by atoms with E-state index < -0.39 is 5.82 Å². The van der Waals surface area contributed by atoms with Crippen molar-refractivity contribution in [1.82, 2.24) is 9.38 Å². The van der Waals surface area contributed by atoms with E-state index in [4.69, 9.17) is 17.3 Å². The summed E-state index contributed by atoms with van der Waals surface area (Å²) in [6, 6.07) is 6.33. The highest BCUT2D eigenvalue weighted by molar-refractivity contribution is 9.10. The van der Waals surface area contributed by atoms with Crippen LogP contribution in [-0.4, -0.2) is 9.38 Å². The van der Waals surface area contributed by atoms with E-state index in [1.54, 1.807) is 16.5 Å². The minimum absolute atomic E-state index is 0.337. The van der Waals surface area contributed by atoms with E-state index in [0.29, 0.717) is 27.7 Å². The van der Waals surface area contributed by atoms with Crippen molar-refractivity contribution in [2.24, 2.45) is 0 Å². The van der Waals surface area contributed by atoms with Crippen LogP contribution in [0.5, 0.6) is 0 Å². The van der Waals surface area contributed by atoms with Gasteiger partial charge in [-0.05, 0) is 52.7 Å². The van der Waals surface area contributed by atoms with Crippen molar-refractivity contribution in [2.75, 3.05) is 5.73 Å². The fourth-order valence-electron chi connectivity index (χ4n) is 2.06. The van der Waals surface area contributed by atoms with E-state index in [0.717, 1.165) is 10.0 Å². The molecular weight excluding hydrogens is 345 g/mol. The van der Waals surface area contributed by atoms with Gasteiger partial charge in [-0.3, -0.25) is 4.40 Å². The summed E-state index contributed by atoms with van der Waals surface area (Å²) in [5.41, 5.74) is 8.53. The molecule has 0 bridgehead atoms. The predicted octanol–water partition coefficient (Wildman–Crippen LogP) is 4.45. The molecule has 6 heteroatoms. The van der Waals surface area contributed by atoms with E-state index in [1.807, 2.05) is 19.2 Å². The van der Waals surface area contributed by atoms with Crippen LogP contribution in [0.1, 0.15) is 5.56 Å². The third-order valence-corrected chi connectivity index (χ3v) is 4.19. The van der Waals surface area contributed by atoms with Crippen LogP contribution >= 0.6 is 27.5 Å². The van der Waals surface area contributed by atoms with Gasteiger partial charge in [0.25, 0.3) is 0 Å². The summed E-state index contributed by atoms with van der Waals surface area (Å²) in [4.78, 5) is 4.41. The number of nitrogens with zero attached hydrogens (tertiary/aromatic N) is 2. The van der Waals surface area contributed by atoms with Gasteiger partial charge in [0.1, 0.15) is 23.0 Å². The molecule has 0 radical (unpaired) electrons. The molecule has 2 N–H and O–H groups in total. The van der Waals surface area contributed by atoms with Crippen molar-refractivity contribution in [2.45, 2.75) is 6.92 Å². The molecule has 0 saturated carbocycles. The van der Waals surface area contributed by atoms with Crippen LogP contribution in [0.25, 0.3) is 16.9 Å². The molecule has 0 saturated heterocycles. The topological polar surface area (TPSA) is 43.3 Å². The lowest BCUT2D eigenvalue weighted by molar-refractivity contribution is 0.631. The van der Waals surface area contributed by atoms with Gasteiger partial charge in [-0.15, -0.1) is 0 Å². The number of pyridine rings is 1. The number of nitrogen functional groups attached to an aromatic ring is 1. The van der Waals surface area contributed by atoms with Crippen LogP contribution in [0.3, 0.4) is 0 Å². The van der Waals surface area contributed by atoms with Gasteiger partial charge in [0.05, 0.1) is 0 Å². The van der Waals surface area contributed by atoms with Gasteiger partial charge >= 0.3 is 0 Å². The summed E-state index contributed by atoms with van der Waals surface area (Å²) in [7, 11) is 0. The summed E-state index contributed by atoms with van der Waals surface area (Å²) < 4.78 is 16.6. The standard InChI is InChI=1S/C14H10BrClFN3/c1-7-4-12-19-13(14(18)20(12)6-10(7)15)9-3-2-8(16)5-11(9)17/h2-6H,18H2,1H3. The Morgan fingerprint density at radius 1 is 1.35 bits per heavy atom. The molecule has 3 rings (SSSR count). The molecule has 0 aliphatic heterocycles. The molecule has 0 spiro atoms. The second-order valence-electron chi connectivity index (χ2n) is 4.50. The second kappa shape index (κ2) is 4.75. The molecule has 0 amide bonds. The van der Waals surface area contributed by atoms with Crippen molar-refractivity contribution in [3.8, 4) is 11.3 Å². The summed E-state index contributed by atoms with van der Waals surface area (Å²) in [5.74, 6) is -0.0506. The largest absolute Gasteiger partial charge is 0.383 e. The van der Waals surface area contributed by atoms with Crippen molar-refractivity contribution >= 4 is 39.0 Å². The molecule has 2 heterocycles. The predicted molar refractivity (Wildman–Crippen MR) is 82.4 cm³/mol. The second-order valence-corrected chi connectivity index (χ2v) is 5.79. The Hall–Kier alpha value is -1.59. The highest BCUT2D eigenvalue weighted by atomic mass is 79.9. The summed E-state index contributed by atoms with van der Waals surface area (Å²) in [6.45, 7) is 1.96. The first-order chi connectivity index (χ1) is 9.47. The number of halogens is 3. The molecular formula is C14H10BrClFN3. The zero-order chi connectivity index (χ0) is 14.4. The number of aromatic nitrogens is 2. The van der Waals surface area contributed by atoms with Crippen LogP contribution in [0.15, 0.2) is 34.9 Å². The highest BCUT2D eigenvalue weighted by Gasteiger charge is 2.16. The first kappa shape index (κ1) is 13.4. The number of aryl methyl sites for hydroxylation is 1. The Morgan fingerprint density at radius 3 is 2.80 bits per heavy atom. The number of hydrogen-bond acceptors (Lipinski definition) is 2. The molecule has 0 unspecified atom stereocenters. The van der Waals surface area contributed by atoms with Crippen molar-refractivity contribution in [3.05, 3.63) is 51.3 Å². The van der Waals surface area contributed by atoms with E-state index in [9.17, 15) is 4.39 Å². The fraction of sp³-hybridized carbons (Fsp3) is 0.0714. The van der Waals surface area contributed by atoms with Gasteiger partial charge in [-0.2, -0.15) is 0 Å². The Morgan fingerprint density at radius 2 is 2.10 bits per heavy atom. The Bertz CT molecular complexity index is 829. The van der Waals surface area contributed by atoms with Gasteiger partial charge in [0.2, 0.25) is 0 Å². The number of hydrogen-bond donors (Lipinski definition) is 1. The van der Waals surface area contributed by atoms with Crippen molar-refractivity contribution in [3.63, 3.8) is 0 Å². The lowest BCUT2D eigenvalue weighted by Crippen LogP contribution is -1.95. The Kier molecular flexibility index (Phi) is 3.18. The number of benzene rings is 1. The molecule has 102 valence electrons. The first-order valence-electron chi connectivity index (χ1n) is 5.86. The van der Waals surface area contributed by atoms with Crippen LogP contribution < -0.4 is 5.73 Å². The number of fused-ring (bicyclic) bond motifs is 1.